The van der Waals surface area contributed by atoms with Crippen LogP contribution >= 0.6 is 15.9 Å². The number of alkyl halides is 2. The smallest absolute Gasteiger partial charge is 0.258 e. The van der Waals surface area contributed by atoms with Crippen LogP contribution in [0.3, 0.4) is 0 Å². The van der Waals surface area contributed by atoms with Gasteiger partial charge in [0.15, 0.2) is 0 Å². The maximum absolute atomic E-state index is 12.8. The van der Waals surface area contributed by atoms with Crippen molar-refractivity contribution in [2.75, 3.05) is 0 Å². The minimum atomic E-state index is -3.07. The highest BCUT2D eigenvalue weighted by molar-refractivity contribution is 9.10. The zero-order valence-corrected chi connectivity index (χ0v) is 8.09. The lowest BCUT2D eigenvalue weighted by Gasteiger charge is -2.02. The fourth-order valence-electron chi connectivity index (χ4n) is 0.861. The molecule has 0 saturated carbocycles. The van der Waals surface area contributed by atoms with E-state index in [0.29, 0.717) is 12.1 Å². The number of benzene rings is 1. The summed E-state index contributed by atoms with van der Waals surface area (Å²) in [6.07, 6.45) is -3.07. The Kier molecular flexibility index (Phi) is 3.10. The van der Waals surface area contributed by atoms with Gasteiger partial charge in [0, 0.05) is 6.07 Å². The van der Waals surface area contributed by atoms with Crippen molar-refractivity contribution in [1.29, 1.82) is 0 Å². The van der Waals surface area contributed by atoms with Crippen LogP contribution in [0.25, 0.3) is 0 Å². The summed E-state index contributed by atoms with van der Waals surface area (Å²) in [7, 11) is 0. The van der Waals surface area contributed by atoms with E-state index in [2.05, 4.69) is 15.9 Å². The number of rotatable bonds is 2. The molecule has 0 fully saturated rings. The number of nitro groups is 1. The molecule has 1 aromatic rings. The van der Waals surface area contributed by atoms with E-state index in [-0.39, 0.29) is 4.47 Å². The molecule has 0 aromatic heterocycles. The lowest BCUT2D eigenvalue weighted by Crippen LogP contribution is -1.96. The van der Waals surface area contributed by atoms with Crippen LogP contribution in [-0.2, 0) is 0 Å². The first kappa shape index (κ1) is 11.0. The van der Waals surface area contributed by atoms with Gasteiger partial charge in [-0.1, -0.05) is 0 Å². The van der Waals surface area contributed by atoms with Crippen molar-refractivity contribution < 1.29 is 18.1 Å². The Bertz CT molecular complexity index is 383. The third kappa shape index (κ3) is 2.03. The largest absolute Gasteiger partial charge is 0.284 e. The third-order valence-corrected chi connectivity index (χ3v) is 2.13. The van der Waals surface area contributed by atoms with Crippen LogP contribution in [0.4, 0.5) is 18.9 Å². The molecular weight excluding hydrogens is 267 g/mol. The van der Waals surface area contributed by atoms with Crippen molar-refractivity contribution in [1.82, 2.24) is 0 Å². The molecule has 0 N–H and O–H groups in total. The lowest BCUT2D eigenvalue weighted by atomic mass is 10.2. The Morgan fingerprint density at radius 2 is 2.00 bits per heavy atom. The first-order valence-electron chi connectivity index (χ1n) is 3.35. The molecule has 0 heterocycles. The first-order chi connectivity index (χ1) is 6.43. The summed E-state index contributed by atoms with van der Waals surface area (Å²) in [6, 6.07) is 1.17. The highest BCUT2D eigenvalue weighted by Gasteiger charge is 2.21. The van der Waals surface area contributed by atoms with Gasteiger partial charge in [-0.05, 0) is 22.0 Å². The average Bonchev–Trinajstić information content (AvgIpc) is 2.02. The second-order valence-electron chi connectivity index (χ2n) is 2.38. The highest BCUT2D eigenvalue weighted by Crippen LogP contribution is 2.32. The molecule has 0 aliphatic heterocycles. The maximum Gasteiger partial charge on any atom is 0.284 e. The van der Waals surface area contributed by atoms with E-state index >= 15 is 0 Å². The molecule has 76 valence electrons. The minimum Gasteiger partial charge on any atom is -0.258 e. The molecule has 14 heavy (non-hydrogen) atoms. The van der Waals surface area contributed by atoms with E-state index in [9.17, 15) is 23.3 Å². The fraction of sp³-hybridized carbons (Fsp3) is 0.143. The Morgan fingerprint density at radius 3 is 2.43 bits per heavy atom. The second kappa shape index (κ2) is 3.95. The number of nitro benzene ring substituents is 1. The third-order valence-electron chi connectivity index (χ3n) is 1.50. The lowest BCUT2D eigenvalue weighted by molar-refractivity contribution is -0.385. The molecular formula is C7H3BrF3NO2. The van der Waals surface area contributed by atoms with Gasteiger partial charge in [-0.15, -0.1) is 0 Å². The zero-order chi connectivity index (χ0) is 10.9. The first-order valence-corrected chi connectivity index (χ1v) is 4.14. The molecule has 0 aliphatic carbocycles. The normalized spacial score (nSPS) is 10.6. The summed E-state index contributed by atoms with van der Waals surface area (Å²) in [5, 5.41) is 10.3. The maximum atomic E-state index is 12.8. The molecule has 7 heteroatoms. The van der Waals surface area contributed by atoms with Crippen molar-refractivity contribution in [2.24, 2.45) is 0 Å². The average molecular weight is 270 g/mol. The summed E-state index contributed by atoms with van der Waals surface area (Å²) < 4.78 is 36.9. The van der Waals surface area contributed by atoms with Crippen LogP contribution < -0.4 is 0 Å². The van der Waals surface area contributed by atoms with Crippen molar-refractivity contribution in [3.63, 3.8) is 0 Å². The monoisotopic (exact) mass is 269 g/mol. The van der Waals surface area contributed by atoms with E-state index in [0.717, 1.165) is 0 Å². The molecule has 0 amide bonds. The molecule has 3 nitrogen and oxygen atoms in total. The zero-order valence-electron chi connectivity index (χ0n) is 6.51. The van der Waals surface area contributed by atoms with Gasteiger partial charge < -0.3 is 0 Å². The fourth-order valence-corrected chi connectivity index (χ4v) is 1.32. The van der Waals surface area contributed by atoms with Crippen LogP contribution in [0, 0.1) is 15.9 Å². The minimum absolute atomic E-state index is 0.163. The predicted molar refractivity (Wildman–Crippen MR) is 45.7 cm³/mol. The molecule has 1 aromatic carbocycles. The molecule has 0 spiro atoms. The summed E-state index contributed by atoms with van der Waals surface area (Å²) >= 11 is 2.70. The van der Waals surface area contributed by atoms with Crippen molar-refractivity contribution >= 4 is 21.6 Å². The Balaban J connectivity index is 3.34. The summed E-state index contributed by atoms with van der Waals surface area (Å²) in [4.78, 5) is 9.45. The van der Waals surface area contributed by atoms with Gasteiger partial charge in [0.05, 0.1) is 15.0 Å². The van der Waals surface area contributed by atoms with E-state index in [1.54, 1.807) is 0 Å². The summed E-state index contributed by atoms with van der Waals surface area (Å²) in [5.41, 5.74) is -1.55. The molecule has 0 bridgehead atoms. The van der Waals surface area contributed by atoms with Crippen LogP contribution in [-0.4, -0.2) is 4.92 Å². The Hall–Kier alpha value is -1.11. The van der Waals surface area contributed by atoms with Crippen molar-refractivity contribution in [3.8, 4) is 0 Å². The number of hydrogen-bond acceptors (Lipinski definition) is 2. The van der Waals surface area contributed by atoms with Gasteiger partial charge in [-0.2, -0.15) is 0 Å². The van der Waals surface area contributed by atoms with Crippen LogP contribution in [0.15, 0.2) is 16.6 Å². The van der Waals surface area contributed by atoms with Crippen molar-refractivity contribution in [2.45, 2.75) is 6.43 Å². The van der Waals surface area contributed by atoms with Gasteiger partial charge >= 0.3 is 0 Å². The molecule has 1 rings (SSSR count). The molecule has 0 unspecified atom stereocenters. The molecule has 0 saturated heterocycles. The van der Waals surface area contributed by atoms with Crippen LogP contribution in [0.2, 0.25) is 0 Å². The summed E-state index contributed by atoms with van der Waals surface area (Å²) in [6.45, 7) is 0. The standard InChI is InChI=1S/C7H3BrF3NO2/c8-4-2-5(9)3(7(10)11)1-6(4)12(13)14/h1-2,7H. The number of hydrogen-bond donors (Lipinski definition) is 0. The summed E-state index contributed by atoms with van der Waals surface area (Å²) in [5.74, 6) is -1.17. The van der Waals surface area contributed by atoms with Crippen LogP contribution in [0.1, 0.15) is 12.0 Å². The molecule has 0 radical (unpaired) electrons. The van der Waals surface area contributed by atoms with Gasteiger partial charge in [0.1, 0.15) is 5.82 Å². The van der Waals surface area contributed by atoms with Crippen LogP contribution in [0.5, 0.6) is 0 Å². The second-order valence-corrected chi connectivity index (χ2v) is 3.24. The Morgan fingerprint density at radius 1 is 1.43 bits per heavy atom. The van der Waals surface area contributed by atoms with E-state index in [4.69, 9.17) is 0 Å². The van der Waals surface area contributed by atoms with Gasteiger partial charge in [0.25, 0.3) is 12.1 Å². The number of nitrogens with zero attached hydrogens (tertiary/aromatic N) is 1. The molecule has 0 aliphatic rings. The molecule has 0 atom stereocenters. The van der Waals surface area contributed by atoms with Crippen molar-refractivity contribution in [3.05, 3.63) is 38.1 Å². The number of halogens is 4. The quantitative estimate of drug-likeness (QED) is 0.610. The van der Waals surface area contributed by atoms with E-state index < -0.39 is 28.4 Å². The van der Waals surface area contributed by atoms with Gasteiger partial charge in [0.2, 0.25) is 0 Å². The van der Waals surface area contributed by atoms with E-state index in [1.165, 1.54) is 0 Å². The van der Waals surface area contributed by atoms with Gasteiger partial charge in [-0.3, -0.25) is 10.1 Å². The SMILES string of the molecule is O=[N+]([O-])c1cc(C(F)F)c(F)cc1Br. The Labute approximate surface area is 84.8 Å². The van der Waals surface area contributed by atoms with E-state index in [1.807, 2.05) is 0 Å². The predicted octanol–water partition coefficient (Wildman–Crippen LogP) is 3.43. The topological polar surface area (TPSA) is 43.1 Å². The van der Waals surface area contributed by atoms with Gasteiger partial charge in [-0.25, -0.2) is 13.2 Å². The highest BCUT2D eigenvalue weighted by atomic mass is 79.9.